The lowest BCUT2D eigenvalue weighted by Gasteiger charge is -2.18. The number of rotatable bonds is 5. The van der Waals surface area contributed by atoms with Crippen molar-refractivity contribution in [2.24, 2.45) is 5.92 Å². The summed E-state index contributed by atoms with van der Waals surface area (Å²) < 4.78 is 0. The second kappa shape index (κ2) is 6.98. The number of carbonyl (C=O) groups is 1. The highest BCUT2D eigenvalue weighted by molar-refractivity contribution is 6.39. The van der Waals surface area contributed by atoms with Crippen molar-refractivity contribution >= 4 is 34.8 Å². The number of nitrogens with two attached hydrogens (primary N) is 1. The molecule has 4 N–H and O–H groups in total. The molecule has 0 aliphatic rings. The molecule has 0 bridgehead atoms. The minimum absolute atomic E-state index is 0.111. The van der Waals surface area contributed by atoms with E-state index in [9.17, 15) is 9.90 Å². The Kier molecular flexibility index (Phi) is 5.91. The molecule has 1 aromatic carbocycles. The van der Waals surface area contributed by atoms with Crippen molar-refractivity contribution in [2.75, 3.05) is 12.3 Å². The van der Waals surface area contributed by atoms with Gasteiger partial charge in [0, 0.05) is 5.56 Å². The third kappa shape index (κ3) is 4.56. The number of aliphatic hydroxyl groups is 1. The van der Waals surface area contributed by atoms with Gasteiger partial charge < -0.3 is 16.2 Å². The normalized spacial score (nSPS) is 12.5. The van der Waals surface area contributed by atoms with E-state index in [1.165, 1.54) is 12.1 Å². The van der Waals surface area contributed by atoms with Crippen LogP contribution in [0.2, 0.25) is 10.0 Å². The predicted molar refractivity (Wildman–Crippen MR) is 78.7 cm³/mol. The zero-order valence-corrected chi connectivity index (χ0v) is 12.4. The molecule has 19 heavy (non-hydrogen) atoms. The number of aliphatic hydroxyl groups excluding tert-OH is 1. The summed E-state index contributed by atoms with van der Waals surface area (Å²) in [4.78, 5) is 12.0. The number of hydrogen-bond donors (Lipinski definition) is 3. The fourth-order valence-corrected chi connectivity index (χ4v) is 2.22. The van der Waals surface area contributed by atoms with Crippen LogP contribution in [0.4, 0.5) is 5.69 Å². The number of halogens is 2. The molecule has 0 saturated carbocycles. The van der Waals surface area contributed by atoms with E-state index in [1.807, 2.05) is 13.8 Å². The number of benzene rings is 1. The molecule has 0 fully saturated rings. The number of nitrogens with one attached hydrogen (secondary N) is 1. The van der Waals surface area contributed by atoms with Gasteiger partial charge in [-0.2, -0.15) is 0 Å². The molecule has 0 aromatic heterocycles. The van der Waals surface area contributed by atoms with Crippen LogP contribution in [0.25, 0.3) is 0 Å². The molecule has 0 aliphatic carbocycles. The number of anilines is 1. The Labute approximate surface area is 122 Å². The van der Waals surface area contributed by atoms with Crippen molar-refractivity contribution < 1.29 is 9.90 Å². The van der Waals surface area contributed by atoms with Gasteiger partial charge in [-0.1, -0.05) is 37.0 Å². The molecule has 0 aliphatic heterocycles. The van der Waals surface area contributed by atoms with Crippen molar-refractivity contribution in [2.45, 2.75) is 26.3 Å². The minimum atomic E-state index is -0.330. The Morgan fingerprint density at radius 1 is 1.37 bits per heavy atom. The number of amides is 1. The van der Waals surface area contributed by atoms with Crippen molar-refractivity contribution in [1.82, 2.24) is 5.32 Å². The number of nitrogen functional groups attached to an aromatic ring is 1. The molecule has 0 heterocycles. The summed E-state index contributed by atoms with van der Waals surface area (Å²) >= 11 is 11.8. The summed E-state index contributed by atoms with van der Waals surface area (Å²) in [5, 5.41) is 12.5. The molecule has 1 rings (SSSR count). The Bertz CT molecular complexity index is 441. The summed E-state index contributed by atoms with van der Waals surface area (Å²) in [5.74, 6) is 0.0412. The van der Waals surface area contributed by atoms with E-state index < -0.39 is 0 Å². The molecule has 4 nitrogen and oxygen atoms in total. The Morgan fingerprint density at radius 3 is 2.32 bits per heavy atom. The quantitative estimate of drug-likeness (QED) is 0.732. The lowest BCUT2D eigenvalue weighted by atomic mass is 10.0. The zero-order chi connectivity index (χ0) is 14.6. The monoisotopic (exact) mass is 304 g/mol. The smallest absolute Gasteiger partial charge is 0.251 e. The Morgan fingerprint density at radius 2 is 1.89 bits per heavy atom. The number of hydrogen-bond acceptors (Lipinski definition) is 3. The van der Waals surface area contributed by atoms with E-state index in [4.69, 9.17) is 28.9 Å². The van der Waals surface area contributed by atoms with Crippen LogP contribution in [-0.2, 0) is 0 Å². The van der Waals surface area contributed by atoms with Gasteiger partial charge in [0.15, 0.2) is 0 Å². The predicted octanol–water partition coefficient (Wildman–Crippen LogP) is 2.71. The van der Waals surface area contributed by atoms with Crippen LogP contribution in [0.3, 0.4) is 0 Å². The standard InChI is InChI=1S/C13H18Cl2N2O2/c1-7(2)3-9(6-18)17-13(19)8-4-10(14)12(16)11(15)5-8/h4-5,7,9,18H,3,6,16H2,1-2H3,(H,17,19). The minimum Gasteiger partial charge on any atom is -0.396 e. The van der Waals surface area contributed by atoms with E-state index in [-0.39, 0.29) is 34.3 Å². The van der Waals surface area contributed by atoms with Gasteiger partial charge in [0.1, 0.15) is 0 Å². The van der Waals surface area contributed by atoms with Gasteiger partial charge in [-0.3, -0.25) is 4.79 Å². The first kappa shape index (κ1) is 16.1. The molecule has 0 spiro atoms. The van der Waals surface area contributed by atoms with E-state index in [1.54, 1.807) is 0 Å². The Balaban J connectivity index is 2.83. The maximum absolute atomic E-state index is 12.0. The summed E-state index contributed by atoms with van der Waals surface area (Å²) in [5.41, 5.74) is 6.18. The second-order valence-corrected chi connectivity index (χ2v) is 5.65. The van der Waals surface area contributed by atoms with Crippen LogP contribution in [0.5, 0.6) is 0 Å². The highest BCUT2D eigenvalue weighted by Gasteiger charge is 2.16. The van der Waals surface area contributed by atoms with E-state index in [2.05, 4.69) is 5.32 Å². The highest BCUT2D eigenvalue weighted by Crippen LogP contribution is 2.28. The van der Waals surface area contributed by atoms with Crippen LogP contribution in [0.1, 0.15) is 30.6 Å². The molecular weight excluding hydrogens is 287 g/mol. The second-order valence-electron chi connectivity index (χ2n) is 4.84. The van der Waals surface area contributed by atoms with E-state index in [0.717, 1.165) is 0 Å². The summed E-state index contributed by atoms with van der Waals surface area (Å²) in [6, 6.07) is 2.63. The van der Waals surface area contributed by atoms with Crippen LogP contribution < -0.4 is 11.1 Å². The lowest BCUT2D eigenvalue weighted by Crippen LogP contribution is -2.38. The highest BCUT2D eigenvalue weighted by atomic mass is 35.5. The maximum atomic E-state index is 12.0. The fourth-order valence-electron chi connectivity index (χ4n) is 1.73. The average Bonchev–Trinajstić information content (AvgIpc) is 2.33. The molecule has 106 valence electrons. The first-order chi connectivity index (χ1) is 8.85. The largest absolute Gasteiger partial charge is 0.396 e. The van der Waals surface area contributed by atoms with Crippen molar-refractivity contribution in [3.8, 4) is 0 Å². The topological polar surface area (TPSA) is 75.3 Å². The van der Waals surface area contributed by atoms with Gasteiger partial charge >= 0.3 is 0 Å². The van der Waals surface area contributed by atoms with Crippen molar-refractivity contribution in [3.05, 3.63) is 27.7 Å². The van der Waals surface area contributed by atoms with Crippen LogP contribution >= 0.6 is 23.2 Å². The van der Waals surface area contributed by atoms with Crippen LogP contribution in [0, 0.1) is 5.92 Å². The van der Waals surface area contributed by atoms with E-state index in [0.29, 0.717) is 17.9 Å². The fraction of sp³-hybridized carbons (Fsp3) is 0.462. The average molecular weight is 305 g/mol. The first-order valence-corrected chi connectivity index (χ1v) is 6.77. The molecule has 6 heteroatoms. The molecule has 1 amide bonds. The van der Waals surface area contributed by atoms with Gasteiger partial charge in [0.2, 0.25) is 0 Å². The molecular formula is C13H18Cl2N2O2. The molecule has 0 saturated heterocycles. The van der Waals surface area contributed by atoms with Gasteiger partial charge in [0.05, 0.1) is 28.4 Å². The van der Waals surface area contributed by atoms with Gasteiger partial charge in [-0.25, -0.2) is 0 Å². The zero-order valence-electron chi connectivity index (χ0n) is 10.9. The molecule has 0 radical (unpaired) electrons. The third-order valence-electron chi connectivity index (χ3n) is 2.65. The van der Waals surface area contributed by atoms with Gasteiger partial charge in [-0.15, -0.1) is 0 Å². The van der Waals surface area contributed by atoms with Gasteiger partial charge in [0.25, 0.3) is 5.91 Å². The first-order valence-electron chi connectivity index (χ1n) is 6.01. The van der Waals surface area contributed by atoms with E-state index >= 15 is 0 Å². The SMILES string of the molecule is CC(C)CC(CO)NC(=O)c1cc(Cl)c(N)c(Cl)c1. The van der Waals surface area contributed by atoms with Crippen LogP contribution in [0.15, 0.2) is 12.1 Å². The molecule has 1 aromatic rings. The number of carbonyl (C=O) groups excluding carboxylic acids is 1. The third-order valence-corrected chi connectivity index (χ3v) is 3.28. The summed E-state index contributed by atoms with van der Waals surface area (Å²) in [7, 11) is 0. The van der Waals surface area contributed by atoms with Crippen molar-refractivity contribution in [3.63, 3.8) is 0 Å². The van der Waals surface area contributed by atoms with Gasteiger partial charge in [-0.05, 0) is 24.5 Å². The molecule has 1 unspecified atom stereocenters. The maximum Gasteiger partial charge on any atom is 0.251 e. The summed E-state index contributed by atoms with van der Waals surface area (Å²) in [6.07, 6.45) is 0.693. The van der Waals surface area contributed by atoms with Crippen LogP contribution in [-0.4, -0.2) is 23.7 Å². The molecule has 1 atom stereocenters. The summed E-state index contributed by atoms with van der Waals surface area (Å²) in [6.45, 7) is 3.93. The van der Waals surface area contributed by atoms with Crippen molar-refractivity contribution in [1.29, 1.82) is 0 Å². The lowest BCUT2D eigenvalue weighted by molar-refractivity contribution is 0.0908. The Hall–Kier alpha value is -0.970.